The molecule has 20 heavy (non-hydrogen) atoms. The third kappa shape index (κ3) is 3.61. The van der Waals surface area contributed by atoms with Crippen LogP contribution in [0.5, 0.6) is 0 Å². The summed E-state index contributed by atoms with van der Waals surface area (Å²) in [5.74, 6) is -1.08. The molecule has 0 atom stereocenters. The number of thiazole rings is 1. The first kappa shape index (κ1) is 15.1. The largest absolute Gasteiger partial charge is 0.312 e. The lowest BCUT2D eigenvalue weighted by Crippen LogP contribution is -2.18. The molecule has 108 valence electrons. The summed E-state index contributed by atoms with van der Waals surface area (Å²) >= 11 is 1.52. The maximum absolute atomic E-state index is 13.3. The molecule has 0 unspecified atom stereocenters. The van der Waals surface area contributed by atoms with E-state index in [4.69, 9.17) is 0 Å². The van der Waals surface area contributed by atoms with Gasteiger partial charge in [-0.2, -0.15) is 0 Å². The van der Waals surface area contributed by atoms with Crippen LogP contribution in [0.1, 0.15) is 24.4 Å². The van der Waals surface area contributed by atoms with Crippen LogP contribution < -0.4 is 5.32 Å². The van der Waals surface area contributed by atoms with Crippen molar-refractivity contribution in [2.24, 2.45) is 5.92 Å². The van der Waals surface area contributed by atoms with Gasteiger partial charge in [0.25, 0.3) is 0 Å². The highest BCUT2D eigenvalue weighted by Crippen LogP contribution is 2.28. The van der Waals surface area contributed by atoms with Gasteiger partial charge in [0, 0.05) is 17.0 Å². The van der Waals surface area contributed by atoms with E-state index in [1.807, 2.05) is 6.92 Å². The number of aryl methyl sites for hydroxylation is 1. The van der Waals surface area contributed by atoms with Gasteiger partial charge in [0.05, 0.1) is 5.69 Å². The molecule has 2 rings (SSSR count). The van der Waals surface area contributed by atoms with E-state index in [9.17, 15) is 8.78 Å². The minimum Gasteiger partial charge on any atom is -0.312 e. The number of nitrogens with one attached hydrogen (secondary N) is 1. The summed E-state index contributed by atoms with van der Waals surface area (Å²) < 4.78 is 26.2. The average Bonchev–Trinajstić information content (AvgIpc) is 2.74. The van der Waals surface area contributed by atoms with Crippen LogP contribution >= 0.6 is 11.3 Å². The van der Waals surface area contributed by atoms with Crippen LogP contribution in [0.25, 0.3) is 10.6 Å². The number of rotatable bonds is 5. The maximum Gasteiger partial charge on any atom is 0.159 e. The molecule has 1 aromatic carbocycles. The Morgan fingerprint density at radius 3 is 2.65 bits per heavy atom. The molecule has 2 nitrogen and oxygen atoms in total. The van der Waals surface area contributed by atoms with Crippen molar-refractivity contribution in [3.8, 4) is 10.6 Å². The second-order valence-corrected chi connectivity index (χ2v) is 6.26. The summed E-state index contributed by atoms with van der Waals surface area (Å²) in [6, 6.07) is 3.89. The van der Waals surface area contributed by atoms with E-state index >= 15 is 0 Å². The van der Waals surface area contributed by atoms with Gasteiger partial charge in [-0.1, -0.05) is 13.8 Å². The fourth-order valence-electron chi connectivity index (χ4n) is 1.82. The predicted octanol–water partition coefficient (Wildman–Crippen LogP) is 4.14. The molecule has 1 aromatic heterocycles. The molecular formula is C15H18F2N2S. The van der Waals surface area contributed by atoms with Crippen molar-refractivity contribution >= 4 is 11.3 Å². The molecule has 0 amide bonds. The van der Waals surface area contributed by atoms with E-state index < -0.39 is 11.6 Å². The second kappa shape index (κ2) is 6.41. The fraction of sp³-hybridized carbons (Fsp3) is 0.400. The highest BCUT2D eigenvalue weighted by Gasteiger charge is 2.11. The van der Waals surface area contributed by atoms with E-state index in [0.717, 1.165) is 34.7 Å². The summed E-state index contributed by atoms with van der Waals surface area (Å²) in [6.45, 7) is 7.94. The Balaban J connectivity index is 2.15. The lowest BCUT2D eigenvalue weighted by atomic mass is 10.2. The minimum absolute atomic E-state index is 0.592. The lowest BCUT2D eigenvalue weighted by Gasteiger charge is -2.05. The molecule has 0 bridgehead atoms. The van der Waals surface area contributed by atoms with Crippen molar-refractivity contribution in [3.05, 3.63) is 40.4 Å². The van der Waals surface area contributed by atoms with Gasteiger partial charge in [-0.05, 0) is 37.6 Å². The number of nitrogens with zero attached hydrogens (tertiary/aromatic N) is 1. The van der Waals surface area contributed by atoms with Gasteiger partial charge in [-0.3, -0.25) is 0 Å². The highest BCUT2D eigenvalue weighted by atomic mass is 32.1. The first-order chi connectivity index (χ1) is 9.47. The number of benzene rings is 1. The molecule has 0 radical (unpaired) electrons. The molecule has 0 aliphatic rings. The number of halogens is 2. The second-order valence-electron chi connectivity index (χ2n) is 5.18. The standard InChI is InChI=1S/C15H18F2N2S/c1-9(2)7-18-8-14-10(3)19-15(20-14)11-4-5-12(16)13(17)6-11/h4-6,9,18H,7-8H2,1-3H3. The number of hydrogen-bond donors (Lipinski definition) is 1. The summed E-state index contributed by atoms with van der Waals surface area (Å²) in [5.41, 5.74) is 1.55. The van der Waals surface area contributed by atoms with Gasteiger partial charge in [-0.25, -0.2) is 13.8 Å². The van der Waals surface area contributed by atoms with Crippen LogP contribution in [-0.2, 0) is 6.54 Å². The van der Waals surface area contributed by atoms with Gasteiger partial charge in [0.15, 0.2) is 11.6 Å². The highest BCUT2D eigenvalue weighted by molar-refractivity contribution is 7.15. The Bertz CT molecular complexity index is 594. The quantitative estimate of drug-likeness (QED) is 0.897. The fourth-order valence-corrected chi connectivity index (χ4v) is 2.85. The third-order valence-electron chi connectivity index (χ3n) is 2.90. The summed E-state index contributed by atoms with van der Waals surface area (Å²) in [7, 11) is 0. The molecule has 0 saturated carbocycles. The van der Waals surface area contributed by atoms with E-state index in [1.54, 1.807) is 6.07 Å². The van der Waals surface area contributed by atoms with Gasteiger partial charge in [0.2, 0.25) is 0 Å². The molecule has 5 heteroatoms. The molecule has 1 N–H and O–H groups in total. The average molecular weight is 296 g/mol. The Hall–Kier alpha value is -1.33. The summed E-state index contributed by atoms with van der Waals surface area (Å²) in [5, 5.41) is 4.09. The maximum atomic E-state index is 13.3. The molecule has 0 saturated heterocycles. The summed E-state index contributed by atoms with van der Waals surface area (Å²) in [4.78, 5) is 5.57. The van der Waals surface area contributed by atoms with Crippen molar-refractivity contribution in [1.29, 1.82) is 0 Å². The third-order valence-corrected chi connectivity index (χ3v) is 4.10. The van der Waals surface area contributed by atoms with Gasteiger partial charge in [0.1, 0.15) is 5.01 Å². The molecule has 0 spiro atoms. The molecule has 2 aromatic rings. The Kier molecular flexibility index (Phi) is 4.83. The Morgan fingerprint density at radius 2 is 2.00 bits per heavy atom. The van der Waals surface area contributed by atoms with Crippen molar-refractivity contribution in [1.82, 2.24) is 10.3 Å². The van der Waals surface area contributed by atoms with E-state index in [-0.39, 0.29) is 0 Å². The van der Waals surface area contributed by atoms with E-state index in [1.165, 1.54) is 17.4 Å². The summed E-state index contributed by atoms with van der Waals surface area (Å²) in [6.07, 6.45) is 0. The first-order valence-corrected chi connectivity index (χ1v) is 7.41. The van der Waals surface area contributed by atoms with Crippen LogP contribution in [0.4, 0.5) is 8.78 Å². The SMILES string of the molecule is Cc1nc(-c2ccc(F)c(F)c2)sc1CNCC(C)C. The molecule has 0 aliphatic heterocycles. The molecule has 0 aliphatic carbocycles. The normalized spacial score (nSPS) is 11.3. The van der Waals surface area contributed by atoms with E-state index in [2.05, 4.69) is 24.1 Å². The van der Waals surface area contributed by atoms with Crippen LogP contribution in [0.2, 0.25) is 0 Å². The topological polar surface area (TPSA) is 24.9 Å². The number of hydrogen-bond acceptors (Lipinski definition) is 3. The van der Waals surface area contributed by atoms with E-state index in [0.29, 0.717) is 11.5 Å². The van der Waals surface area contributed by atoms with Crippen LogP contribution in [-0.4, -0.2) is 11.5 Å². The van der Waals surface area contributed by atoms with Gasteiger partial charge in [-0.15, -0.1) is 11.3 Å². The Labute approximate surface area is 121 Å². The van der Waals surface area contributed by atoms with Crippen molar-refractivity contribution in [3.63, 3.8) is 0 Å². The predicted molar refractivity (Wildman–Crippen MR) is 78.7 cm³/mol. The van der Waals surface area contributed by atoms with Crippen LogP contribution in [0.3, 0.4) is 0 Å². The Morgan fingerprint density at radius 1 is 1.25 bits per heavy atom. The lowest BCUT2D eigenvalue weighted by molar-refractivity contribution is 0.509. The number of aromatic nitrogens is 1. The minimum atomic E-state index is -0.838. The smallest absolute Gasteiger partial charge is 0.159 e. The first-order valence-electron chi connectivity index (χ1n) is 6.60. The van der Waals surface area contributed by atoms with Crippen LogP contribution in [0.15, 0.2) is 18.2 Å². The van der Waals surface area contributed by atoms with Gasteiger partial charge >= 0.3 is 0 Å². The molecule has 1 heterocycles. The zero-order valence-electron chi connectivity index (χ0n) is 11.8. The molecule has 0 fully saturated rings. The van der Waals surface area contributed by atoms with Crippen LogP contribution in [0, 0.1) is 24.5 Å². The monoisotopic (exact) mass is 296 g/mol. The zero-order chi connectivity index (χ0) is 14.7. The van der Waals surface area contributed by atoms with Crippen molar-refractivity contribution < 1.29 is 8.78 Å². The van der Waals surface area contributed by atoms with Gasteiger partial charge < -0.3 is 5.32 Å². The zero-order valence-corrected chi connectivity index (χ0v) is 12.7. The molecular weight excluding hydrogens is 278 g/mol. The van der Waals surface area contributed by atoms with Crippen molar-refractivity contribution in [2.75, 3.05) is 6.54 Å². The van der Waals surface area contributed by atoms with Crippen molar-refractivity contribution in [2.45, 2.75) is 27.3 Å².